The maximum absolute atomic E-state index is 13.3. The van der Waals surface area contributed by atoms with Gasteiger partial charge in [0.05, 0.1) is 6.04 Å². The number of pyridine rings is 1. The highest BCUT2D eigenvalue weighted by Crippen LogP contribution is 2.26. The number of nitrogens with one attached hydrogen (secondary N) is 1. The summed E-state index contributed by atoms with van der Waals surface area (Å²) in [5, 5.41) is 3.54. The molecular formula is C17H21FN2. The third-order valence-corrected chi connectivity index (χ3v) is 3.50. The van der Waals surface area contributed by atoms with E-state index in [9.17, 15) is 4.39 Å². The summed E-state index contributed by atoms with van der Waals surface area (Å²) in [4.78, 5) is 4.37. The molecule has 20 heavy (non-hydrogen) atoms. The molecule has 2 rings (SSSR count). The minimum atomic E-state index is -0.191. The Hall–Kier alpha value is -1.74. The SMILES string of the molecule is CCCNC(c1ccc(F)cc1C)c1cccnc1C. The topological polar surface area (TPSA) is 24.9 Å². The van der Waals surface area contributed by atoms with Crippen LogP contribution in [0.5, 0.6) is 0 Å². The van der Waals surface area contributed by atoms with E-state index in [0.717, 1.165) is 35.3 Å². The summed E-state index contributed by atoms with van der Waals surface area (Å²) in [6, 6.07) is 9.06. The molecule has 1 aromatic carbocycles. The van der Waals surface area contributed by atoms with Crippen LogP contribution < -0.4 is 5.32 Å². The predicted molar refractivity (Wildman–Crippen MR) is 80.2 cm³/mol. The second-order valence-electron chi connectivity index (χ2n) is 5.07. The van der Waals surface area contributed by atoms with Gasteiger partial charge in [-0.1, -0.05) is 19.1 Å². The van der Waals surface area contributed by atoms with Crippen molar-refractivity contribution < 1.29 is 4.39 Å². The van der Waals surface area contributed by atoms with Gasteiger partial charge in [-0.05, 0) is 61.7 Å². The quantitative estimate of drug-likeness (QED) is 0.892. The van der Waals surface area contributed by atoms with Gasteiger partial charge in [-0.15, -0.1) is 0 Å². The van der Waals surface area contributed by atoms with Gasteiger partial charge in [-0.2, -0.15) is 0 Å². The first-order valence-electron chi connectivity index (χ1n) is 7.04. The highest BCUT2D eigenvalue weighted by Gasteiger charge is 2.17. The minimum Gasteiger partial charge on any atom is -0.306 e. The summed E-state index contributed by atoms with van der Waals surface area (Å²) in [7, 11) is 0. The number of aryl methyl sites for hydroxylation is 2. The van der Waals surface area contributed by atoms with E-state index in [-0.39, 0.29) is 11.9 Å². The molecule has 0 saturated carbocycles. The Bertz CT molecular complexity index is 581. The monoisotopic (exact) mass is 272 g/mol. The fourth-order valence-corrected chi connectivity index (χ4v) is 2.44. The van der Waals surface area contributed by atoms with Crippen LogP contribution in [0.25, 0.3) is 0 Å². The zero-order valence-electron chi connectivity index (χ0n) is 12.3. The molecule has 0 aliphatic heterocycles. The van der Waals surface area contributed by atoms with Crippen molar-refractivity contribution in [2.75, 3.05) is 6.54 Å². The number of rotatable bonds is 5. The fourth-order valence-electron chi connectivity index (χ4n) is 2.44. The van der Waals surface area contributed by atoms with Crippen LogP contribution in [0, 0.1) is 19.7 Å². The lowest BCUT2D eigenvalue weighted by Crippen LogP contribution is -2.25. The summed E-state index contributed by atoms with van der Waals surface area (Å²) in [6.07, 6.45) is 2.85. The molecule has 2 aromatic rings. The van der Waals surface area contributed by atoms with E-state index in [0.29, 0.717) is 0 Å². The van der Waals surface area contributed by atoms with Crippen LogP contribution in [-0.2, 0) is 0 Å². The highest BCUT2D eigenvalue weighted by molar-refractivity contribution is 5.38. The Kier molecular flexibility index (Phi) is 4.85. The van der Waals surface area contributed by atoms with Gasteiger partial charge in [0.1, 0.15) is 5.82 Å². The van der Waals surface area contributed by atoms with Gasteiger partial charge in [-0.3, -0.25) is 4.98 Å². The first-order valence-corrected chi connectivity index (χ1v) is 7.04. The van der Waals surface area contributed by atoms with E-state index in [4.69, 9.17) is 0 Å². The molecule has 0 amide bonds. The Morgan fingerprint density at radius 1 is 1.20 bits per heavy atom. The highest BCUT2D eigenvalue weighted by atomic mass is 19.1. The summed E-state index contributed by atoms with van der Waals surface area (Å²) >= 11 is 0. The van der Waals surface area contributed by atoms with Crippen LogP contribution in [0.4, 0.5) is 4.39 Å². The van der Waals surface area contributed by atoms with Crippen molar-refractivity contribution in [3.8, 4) is 0 Å². The van der Waals surface area contributed by atoms with E-state index >= 15 is 0 Å². The molecule has 3 heteroatoms. The van der Waals surface area contributed by atoms with Crippen LogP contribution in [0.1, 0.15) is 41.8 Å². The maximum atomic E-state index is 13.3. The standard InChI is InChI=1S/C17H21FN2/c1-4-9-20-17(16-6-5-10-19-13(16)3)15-8-7-14(18)11-12(15)2/h5-8,10-11,17,20H,4,9H2,1-3H3. The van der Waals surface area contributed by atoms with Gasteiger partial charge < -0.3 is 5.32 Å². The molecule has 0 bridgehead atoms. The minimum absolute atomic E-state index is 0.0595. The second kappa shape index (κ2) is 6.62. The van der Waals surface area contributed by atoms with Crippen molar-refractivity contribution in [1.29, 1.82) is 0 Å². The zero-order valence-corrected chi connectivity index (χ0v) is 12.3. The molecule has 106 valence electrons. The summed E-state index contributed by atoms with van der Waals surface area (Å²) in [5.41, 5.74) is 4.22. The lowest BCUT2D eigenvalue weighted by atomic mass is 9.94. The molecule has 1 atom stereocenters. The molecule has 1 N–H and O–H groups in total. The smallest absolute Gasteiger partial charge is 0.123 e. The molecule has 1 heterocycles. The second-order valence-corrected chi connectivity index (χ2v) is 5.07. The Labute approximate surface area is 120 Å². The van der Waals surface area contributed by atoms with E-state index < -0.39 is 0 Å². The number of benzene rings is 1. The first kappa shape index (κ1) is 14.7. The van der Waals surface area contributed by atoms with Gasteiger partial charge in [-0.25, -0.2) is 4.39 Å². The zero-order chi connectivity index (χ0) is 14.5. The summed E-state index contributed by atoms with van der Waals surface area (Å²) in [6.45, 7) is 7.01. The third-order valence-electron chi connectivity index (χ3n) is 3.50. The number of nitrogens with zero attached hydrogens (tertiary/aromatic N) is 1. The Morgan fingerprint density at radius 2 is 2.00 bits per heavy atom. The summed E-state index contributed by atoms with van der Waals surface area (Å²) < 4.78 is 13.3. The molecular weight excluding hydrogens is 251 g/mol. The van der Waals surface area contributed by atoms with Gasteiger partial charge in [0.25, 0.3) is 0 Å². The van der Waals surface area contributed by atoms with Crippen LogP contribution in [0.3, 0.4) is 0 Å². The van der Waals surface area contributed by atoms with Crippen LogP contribution in [-0.4, -0.2) is 11.5 Å². The molecule has 2 nitrogen and oxygen atoms in total. The van der Waals surface area contributed by atoms with Crippen molar-refractivity contribution in [2.45, 2.75) is 33.2 Å². The number of hydrogen-bond donors (Lipinski definition) is 1. The normalized spacial score (nSPS) is 12.4. The number of hydrogen-bond acceptors (Lipinski definition) is 2. The maximum Gasteiger partial charge on any atom is 0.123 e. The molecule has 0 aliphatic rings. The number of aromatic nitrogens is 1. The Morgan fingerprint density at radius 3 is 2.65 bits per heavy atom. The van der Waals surface area contributed by atoms with Crippen molar-refractivity contribution in [3.63, 3.8) is 0 Å². The fraction of sp³-hybridized carbons (Fsp3) is 0.353. The van der Waals surface area contributed by atoms with Crippen molar-refractivity contribution in [3.05, 3.63) is 64.7 Å². The third kappa shape index (κ3) is 3.23. The lowest BCUT2D eigenvalue weighted by Gasteiger charge is -2.22. The molecule has 1 unspecified atom stereocenters. The predicted octanol–water partition coefficient (Wildman–Crippen LogP) is 3.93. The van der Waals surface area contributed by atoms with Gasteiger partial charge >= 0.3 is 0 Å². The average Bonchev–Trinajstić information content (AvgIpc) is 2.42. The molecule has 1 aromatic heterocycles. The van der Waals surface area contributed by atoms with Crippen molar-refractivity contribution >= 4 is 0 Å². The van der Waals surface area contributed by atoms with Crippen LogP contribution in [0.15, 0.2) is 36.5 Å². The molecule has 0 fully saturated rings. The van der Waals surface area contributed by atoms with Crippen molar-refractivity contribution in [1.82, 2.24) is 10.3 Å². The number of halogens is 1. The van der Waals surface area contributed by atoms with Crippen molar-refractivity contribution in [2.24, 2.45) is 0 Å². The molecule has 0 spiro atoms. The van der Waals surface area contributed by atoms with E-state index in [1.807, 2.05) is 26.0 Å². The van der Waals surface area contributed by atoms with E-state index in [1.54, 1.807) is 12.3 Å². The first-order chi connectivity index (χ1) is 9.63. The van der Waals surface area contributed by atoms with E-state index in [2.05, 4.69) is 23.3 Å². The van der Waals surface area contributed by atoms with Gasteiger partial charge in [0, 0.05) is 11.9 Å². The van der Waals surface area contributed by atoms with Crippen LogP contribution >= 0.6 is 0 Å². The average molecular weight is 272 g/mol. The molecule has 0 saturated heterocycles. The van der Waals surface area contributed by atoms with E-state index in [1.165, 1.54) is 6.07 Å². The lowest BCUT2D eigenvalue weighted by molar-refractivity contribution is 0.586. The van der Waals surface area contributed by atoms with Gasteiger partial charge in [0.15, 0.2) is 0 Å². The summed E-state index contributed by atoms with van der Waals surface area (Å²) in [5.74, 6) is -0.191. The van der Waals surface area contributed by atoms with Crippen LogP contribution in [0.2, 0.25) is 0 Å². The Balaban J connectivity index is 2.44. The largest absolute Gasteiger partial charge is 0.306 e. The molecule has 0 radical (unpaired) electrons. The van der Waals surface area contributed by atoms with Gasteiger partial charge in [0.2, 0.25) is 0 Å². The molecule has 0 aliphatic carbocycles.